The van der Waals surface area contributed by atoms with Gasteiger partial charge in [-0.3, -0.25) is 9.79 Å². The summed E-state index contributed by atoms with van der Waals surface area (Å²) in [6.45, 7) is 7.42. The molecule has 1 aromatic rings. The van der Waals surface area contributed by atoms with E-state index in [1.54, 1.807) is 5.57 Å². The van der Waals surface area contributed by atoms with Crippen molar-refractivity contribution in [2.45, 2.75) is 78.1 Å². The first-order chi connectivity index (χ1) is 22.1. The standard InChI is InChI=1S/C40H48N4O/c1-3-10-31(11-4-2)12-6-5-7-13-32-16-18-34(19-17-32)36-20-21-37-28-42-23-22-39(38(37)26-36)43-24-8-14-35(15-9-25-43)40(45)44-29-33(27-41)30-44/h7,12-14,16-20,22-23,26,28,33H,3-6,8-11,15,21,24-25,29-30H2,1-2H3/b13-7+,35-14-. The van der Waals surface area contributed by atoms with Crippen LogP contribution in [0.3, 0.4) is 0 Å². The number of nitrogens with zero attached hydrogens (tertiary/aromatic N) is 4. The van der Waals surface area contributed by atoms with Gasteiger partial charge in [-0.15, -0.1) is 0 Å². The van der Waals surface area contributed by atoms with Gasteiger partial charge in [-0.05, 0) is 85.8 Å². The minimum Gasteiger partial charge on any atom is -0.371 e. The molecule has 1 fully saturated rings. The number of carbonyl (C=O) groups excluding carboxylic acids is 1. The molecular formula is C40H48N4O. The smallest absolute Gasteiger partial charge is 0.249 e. The fourth-order valence-corrected chi connectivity index (χ4v) is 6.61. The lowest BCUT2D eigenvalue weighted by molar-refractivity contribution is -0.132. The lowest BCUT2D eigenvalue weighted by atomic mass is 9.88. The van der Waals surface area contributed by atoms with E-state index in [4.69, 9.17) is 5.26 Å². The third kappa shape index (κ3) is 8.51. The third-order valence-corrected chi connectivity index (χ3v) is 9.11. The van der Waals surface area contributed by atoms with Crippen LogP contribution in [-0.2, 0) is 4.79 Å². The highest BCUT2D eigenvalue weighted by atomic mass is 16.2. The lowest BCUT2D eigenvalue weighted by Crippen LogP contribution is -2.50. The Morgan fingerprint density at radius 1 is 1.07 bits per heavy atom. The minimum absolute atomic E-state index is 0.00560. The van der Waals surface area contributed by atoms with E-state index in [-0.39, 0.29) is 11.8 Å². The van der Waals surface area contributed by atoms with Crippen molar-refractivity contribution < 1.29 is 4.79 Å². The molecule has 4 aliphatic rings. The van der Waals surface area contributed by atoms with Crippen LogP contribution in [0.25, 0.3) is 11.6 Å². The van der Waals surface area contributed by atoms with Gasteiger partial charge in [0.1, 0.15) is 0 Å². The monoisotopic (exact) mass is 600 g/mol. The van der Waals surface area contributed by atoms with Crippen LogP contribution in [0, 0.1) is 17.2 Å². The van der Waals surface area contributed by atoms with Crippen LogP contribution >= 0.6 is 0 Å². The maximum absolute atomic E-state index is 12.9. The molecule has 0 unspecified atom stereocenters. The second-order valence-corrected chi connectivity index (χ2v) is 12.5. The minimum atomic E-state index is -0.00560. The lowest BCUT2D eigenvalue weighted by Gasteiger charge is -2.36. The van der Waals surface area contributed by atoms with Crippen LogP contribution in [0.1, 0.15) is 89.2 Å². The Labute approximate surface area is 270 Å². The zero-order chi connectivity index (χ0) is 31.4. The molecule has 45 heavy (non-hydrogen) atoms. The molecule has 5 heteroatoms. The van der Waals surface area contributed by atoms with Crippen LogP contribution in [0.15, 0.2) is 99.9 Å². The zero-order valence-corrected chi connectivity index (χ0v) is 27.2. The number of rotatable bonds is 11. The van der Waals surface area contributed by atoms with Gasteiger partial charge in [-0.2, -0.15) is 5.26 Å². The van der Waals surface area contributed by atoms with Crippen molar-refractivity contribution in [3.8, 4) is 6.07 Å². The van der Waals surface area contributed by atoms with Crippen LogP contribution < -0.4 is 0 Å². The topological polar surface area (TPSA) is 59.7 Å². The fraction of sp³-hybridized carbons (Fsp3) is 0.425. The molecule has 1 aliphatic carbocycles. The van der Waals surface area contributed by atoms with Crippen molar-refractivity contribution >= 4 is 23.8 Å². The molecule has 1 aromatic carbocycles. The van der Waals surface area contributed by atoms with Gasteiger partial charge in [-0.25, -0.2) is 0 Å². The molecule has 3 heterocycles. The SMILES string of the molecule is CCCC(=CCC/C=C/c1ccc(C2=CCC3=CN=CC=C(N4CC/C=C(\C(=O)N5CC(C#N)C5)CCC4)C3=C2)cc1)CCC. The predicted octanol–water partition coefficient (Wildman–Crippen LogP) is 8.97. The number of allylic oxidation sites excluding steroid dienone is 8. The number of carbonyl (C=O) groups is 1. The van der Waals surface area contributed by atoms with Gasteiger partial charge >= 0.3 is 0 Å². The van der Waals surface area contributed by atoms with E-state index in [0.717, 1.165) is 57.2 Å². The number of aliphatic imine (C=N–C) groups is 1. The number of hydrogen-bond acceptors (Lipinski definition) is 4. The molecule has 234 valence electrons. The van der Waals surface area contributed by atoms with E-state index < -0.39 is 0 Å². The van der Waals surface area contributed by atoms with Crippen molar-refractivity contribution in [1.82, 2.24) is 9.80 Å². The number of benzene rings is 1. The second-order valence-electron chi connectivity index (χ2n) is 12.5. The number of likely N-dealkylation sites (tertiary alicyclic amines) is 1. The first-order valence-electron chi connectivity index (χ1n) is 17.0. The Bertz CT molecular complexity index is 1490. The molecule has 5 rings (SSSR count). The van der Waals surface area contributed by atoms with E-state index in [9.17, 15) is 4.79 Å². The number of amides is 1. The number of hydrogen-bond donors (Lipinski definition) is 0. The third-order valence-electron chi connectivity index (χ3n) is 9.11. The average molecular weight is 601 g/mol. The van der Waals surface area contributed by atoms with Gasteiger partial charge in [0.2, 0.25) is 5.91 Å². The average Bonchev–Trinajstić information content (AvgIpc) is 3.23. The summed E-state index contributed by atoms with van der Waals surface area (Å²) in [6, 6.07) is 11.2. The number of unbranched alkanes of at least 4 members (excludes halogenated alkanes) is 1. The Hall–Kier alpha value is -4.17. The van der Waals surface area contributed by atoms with Crippen molar-refractivity contribution in [2.24, 2.45) is 10.9 Å². The second kappa shape index (κ2) is 16.2. The molecule has 3 aliphatic heterocycles. The van der Waals surface area contributed by atoms with E-state index in [2.05, 4.69) is 96.6 Å². The van der Waals surface area contributed by atoms with Crippen molar-refractivity contribution in [2.75, 3.05) is 26.2 Å². The quantitative estimate of drug-likeness (QED) is 0.188. The van der Waals surface area contributed by atoms with Gasteiger partial charge in [0.25, 0.3) is 0 Å². The fourth-order valence-electron chi connectivity index (χ4n) is 6.61. The largest absolute Gasteiger partial charge is 0.371 e. The molecule has 0 bridgehead atoms. The summed E-state index contributed by atoms with van der Waals surface area (Å²) in [6.07, 6.45) is 30.3. The van der Waals surface area contributed by atoms with Crippen LogP contribution in [-0.4, -0.2) is 48.1 Å². The van der Waals surface area contributed by atoms with Gasteiger partial charge in [-0.1, -0.05) is 86.9 Å². The number of nitriles is 1. The molecule has 0 N–H and O–H groups in total. The first kappa shape index (κ1) is 32.2. The summed E-state index contributed by atoms with van der Waals surface area (Å²) in [5.41, 5.74) is 9.95. The van der Waals surface area contributed by atoms with E-state index in [0.29, 0.717) is 13.1 Å². The normalized spacial score (nSPS) is 19.8. The van der Waals surface area contributed by atoms with Gasteiger partial charge in [0.15, 0.2) is 0 Å². The summed E-state index contributed by atoms with van der Waals surface area (Å²) in [7, 11) is 0. The highest BCUT2D eigenvalue weighted by molar-refractivity contribution is 5.94. The molecule has 0 radical (unpaired) electrons. The van der Waals surface area contributed by atoms with Crippen LogP contribution in [0.2, 0.25) is 0 Å². The van der Waals surface area contributed by atoms with Gasteiger partial charge in [0, 0.05) is 55.4 Å². The molecule has 0 atom stereocenters. The van der Waals surface area contributed by atoms with Crippen molar-refractivity contribution in [1.29, 1.82) is 5.26 Å². The van der Waals surface area contributed by atoms with E-state index in [1.807, 2.05) is 17.3 Å². The Morgan fingerprint density at radius 2 is 1.87 bits per heavy atom. The summed E-state index contributed by atoms with van der Waals surface area (Å²) in [5, 5.41) is 9.07. The molecule has 1 saturated heterocycles. The molecular weight excluding hydrogens is 552 g/mol. The van der Waals surface area contributed by atoms with Crippen molar-refractivity contribution in [3.63, 3.8) is 0 Å². The molecule has 0 spiro atoms. The Balaban J connectivity index is 1.22. The maximum Gasteiger partial charge on any atom is 0.249 e. The summed E-state index contributed by atoms with van der Waals surface area (Å²) < 4.78 is 0. The number of fused-ring (bicyclic) bond motifs is 1. The van der Waals surface area contributed by atoms with Gasteiger partial charge < -0.3 is 9.80 Å². The predicted molar refractivity (Wildman–Crippen MR) is 187 cm³/mol. The maximum atomic E-state index is 12.9. The summed E-state index contributed by atoms with van der Waals surface area (Å²) in [4.78, 5) is 21.8. The highest BCUT2D eigenvalue weighted by Gasteiger charge is 2.32. The zero-order valence-electron chi connectivity index (χ0n) is 27.2. The van der Waals surface area contributed by atoms with E-state index >= 15 is 0 Å². The molecule has 0 saturated carbocycles. The van der Waals surface area contributed by atoms with Crippen LogP contribution in [0.5, 0.6) is 0 Å². The van der Waals surface area contributed by atoms with Gasteiger partial charge in [0.05, 0.1) is 12.0 Å². The van der Waals surface area contributed by atoms with Crippen molar-refractivity contribution in [3.05, 3.63) is 106 Å². The first-order valence-corrected chi connectivity index (χ1v) is 17.0. The highest BCUT2D eigenvalue weighted by Crippen LogP contribution is 2.36. The van der Waals surface area contributed by atoms with E-state index in [1.165, 1.54) is 59.2 Å². The van der Waals surface area contributed by atoms with Crippen LogP contribution in [0.4, 0.5) is 0 Å². The molecule has 5 nitrogen and oxygen atoms in total. The molecule has 1 amide bonds. The Morgan fingerprint density at radius 3 is 2.62 bits per heavy atom. The Kier molecular flexibility index (Phi) is 11.6. The molecule has 0 aromatic heterocycles. The summed E-state index contributed by atoms with van der Waals surface area (Å²) >= 11 is 0. The summed E-state index contributed by atoms with van der Waals surface area (Å²) in [5.74, 6) is 0.113.